The zero-order valence-electron chi connectivity index (χ0n) is 19.9. The number of carbonyl (C=O) groups is 2. The molecule has 174 valence electrons. The van der Waals surface area contributed by atoms with Crippen LogP contribution in [-0.2, 0) is 25.7 Å². The van der Waals surface area contributed by atoms with Gasteiger partial charge in [-0.1, -0.05) is 108 Å². The number of carbonyl (C=O) groups excluding carboxylic acids is 2. The Morgan fingerprint density at radius 3 is 1.65 bits per heavy atom. The van der Waals surface area contributed by atoms with Gasteiger partial charge in [0.25, 0.3) is 0 Å². The number of benzene rings is 1. The average molecular weight is 431 g/mol. The van der Waals surface area contributed by atoms with Crippen molar-refractivity contribution in [1.29, 1.82) is 0 Å². The van der Waals surface area contributed by atoms with Crippen molar-refractivity contribution >= 4 is 11.9 Å². The largest absolute Gasteiger partial charge is 0.462 e. The molecule has 0 spiro atoms. The van der Waals surface area contributed by atoms with Crippen molar-refractivity contribution in [2.75, 3.05) is 6.61 Å². The van der Waals surface area contributed by atoms with Crippen LogP contribution >= 0.6 is 0 Å². The minimum absolute atomic E-state index is 0.258. The van der Waals surface area contributed by atoms with E-state index in [0.717, 1.165) is 12.0 Å². The van der Waals surface area contributed by atoms with Crippen LogP contribution < -0.4 is 0 Å². The normalized spacial score (nSPS) is 9.90. The van der Waals surface area contributed by atoms with E-state index in [2.05, 4.69) is 20.1 Å². The second-order valence-corrected chi connectivity index (χ2v) is 7.94. The summed E-state index contributed by atoms with van der Waals surface area (Å²) in [4.78, 5) is 22.1. The third-order valence-electron chi connectivity index (χ3n) is 4.64. The first-order chi connectivity index (χ1) is 14.9. The lowest BCUT2D eigenvalue weighted by atomic mass is 10.1. The van der Waals surface area contributed by atoms with Crippen LogP contribution in [0.3, 0.4) is 0 Å². The summed E-state index contributed by atoms with van der Waals surface area (Å²) in [6.45, 7) is 13.5. The summed E-state index contributed by atoms with van der Waals surface area (Å²) in [7, 11) is 0. The van der Waals surface area contributed by atoms with Crippen molar-refractivity contribution in [3.05, 3.63) is 60.2 Å². The van der Waals surface area contributed by atoms with Crippen molar-refractivity contribution < 1.29 is 19.1 Å². The molecule has 0 N–H and O–H groups in total. The number of unbranched alkanes of at least 4 members (excludes halogenated alkanes) is 9. The molecule has 0 heterocycles. The van der Waals surface area contributed by atoms with E-state index in [-0.39, 0.29) is 11.9 Å². The van der Waals surface area contributed by atoms with Crippen LogP contribution in [0.2, 0.25) is 0 Å². The van der Waals surface area contributed by atoms with E-state index in [0.29, 0.717) is 24.4 Å². The Kier molecular flexibility index (Phi) is 18.1. The highest BCUT2D eigenvalue weighted by Gasteiger charge is 2.02. The standard InChI is InChI=1S/C16H30O2.C11H12O2/c1-4-5-6-7-8-9-10-11-12-13-14-18-16(17)15(2)3;1-9(2)11(12)13-8-10-6-4-3-5-7-10/h2,4-14H2,1,3H3;3-7H,1,8H2,2H3. The number of hydrogen-bond acceptors (Lipinski definition) is 4. The van der Waals surface area contributed by atoms with Crippen LogP contribution in [0.5, 0.6) is 0 Å². The van der Waals surface area contributed by atoms with Gasteiger partial charge in [0.1, 0.15) is 6.61 Å². The van der Waals surface area contributed by atoms with Crippen LogP contribution in [0.15, 0.2) is 54.6 Å². The molecule has 1 aromatic rings. The predicted octanol–water partition coefficient (Wildman–Crippen LogP) is 7.33. The molecule has 1 aromatic carbocycles. The highest BCUT2D eigenvalue weighted by Crippen LogP contribution is 2.10. The number of esters is 2. The molecule has 0 atom stereocenters. The molecular formula is C27H42O4. The van der Waals surface area contributed by atoms with Crippen LogP contribution in [0.25, 0.3) is 0 Å². The topological polar surface area (TPSA) is 52.6 Å². The second kappa shape index (κ2) is 19.6. The Labute approximate surface area is 189 Å². The molecule has 4 nitrogen and oxygen atoms in total. The van der Waals surface area contributed by atoms with Gasteiger partial charge in [0.15, 0.2) is 0 Å². The van der Waals surface area contributed by atoms with E-state index in [1.807, 2.05) is 30.3 Å². The van der Waals surface area contributed by atoms with Crippen molar-refractivity contribution in [1.82, 2.24) is 0 Å². The van der Waals surface area contributed by atoms with Crippen LogP contribution in [0, 0.1) is 0 Å². The molecule has 0 fully saturated rings. The van der Waals surface area contributed by atoms with E-state index in [9.17, 15) is 9.59 Å². The molecule has 31 heavy (non-hydrogen) atoms. The maximum Gasteiger partial charge on any atom is 0.333 e. The monoisotopic (exact) mass is 430 g/mol. The molecule has 0 aliphatic rings. The van der Waals surface area contributed by atoms with Gasteiger partial charge in [-0.3, -0.25) is 0 Å². The van der Waals surface area contributed by atoms with E-state index in [1.165, 1.54) is 57.8 Å². The van der Waals surface area contributed by atoms with E-state index in [4.69, 9.17) is 9.47 Å². The lowest BCUT2D eigenvalue weighted by molar-refractivity contribution is -0.140. The summed E-state index contributed by atoms with van der Waals surface area (Å²) in [5.41, 5.74) is 1.90. The van der Waals surface area contributed by atoms with Crippen LogP contribution in [0.1, 0.15) is 90.5 Å². The fourth-order valence-corrected chi connectivity index (χ4v) is 2.72. The van der Waals surface area contributed by atoms with Crippen LogP contribution in [0.4, 0.5) is 0 Å². The number of rotatable bonds is 15. The molecule has 0 bridgehead atoms. The molecule has 4 heteroatoms. The van der Waals surface area contributed by atoms with Crippen molar-refractivity contribution in [2.45, 2.75) is 91.6 Å². The van der Waals surface area contributed by atoms with Crippen molar-refractivity contribution in [3.8, 4) is 0 Å². The summed E-state index contributed by atoms with van der Waals surface area (Å²) in [5, 5.41) is 0. The Balaban J connectivity index is 0.000000609. The molecule has 1 rings (SSSR count). The SMILES string of the molecule is C=C(C)C(=O)OCCCCCCCCCCCC.C=C(C)C(=O)OCc1ccccc1. The van der Waals surface area contributed by atoms with Gasteiger partial charge in [-0.2, -0.15) is 0 Å². The Morgan fingerprint density at radius 2 is 1.16 bits per heavy atom. The number of hydrogen-bond donors (Lipinski definition) is 0. The first-order valence-electron chi connectivity index (χ1n) is 11.6. The second-order valence-electron chi connectivity index (χ2n) is 7.94. The number of ether oxygens (including phenoxy) is 2. The fraction of sp³-hybridized carbons (Fsp3) is 0.556. The molecule has 0 aromatic heterocycles. The molecule has 0 unspecified atom stereocenters. The molecule has 0 amide bonds. The molecule has 0 aliphatic carbocycles. The summed E-state index contributed by atoms with van der Waals surface area (Å²) < 4.78 is 9.99. The third-order valence-corrected chi connectivity index (χ3v) is 4.64. The van der Waals surface area contributed by atoms with Gasteiger partial charge in [-0.15, -0.1) is 0 Å². The summed E-state index contributed by atoms with van der Waals surface area (Å²) in [6, 6.07) is 9.55. The van der Waals surface area contributed by atoms with E-state index < -0.39 is 0 Å². The zero-order valence-corrected chi connectivity index (χ0v) is 19.9. The minimum atomic E-state index is -0.344. The van der Waals surface area contributed by atoms with Gasteiger partial charge >= 0.3 is 11.9 Å². The molecule has 0 saturated carbocycles. The van der Waals surface area contributed by atoms with Crippen molar-refractivity contribution in [2.24, 2.45) is 0 Å². The van der Waals surface area contributed by atoms with Crippen molar-refractivity contribution in [3.63, 3.8) is 0 Å². The quantitative estimate of drug-likeness (QED) is 0.166. The average Bonchev–Trinajstić information content (AvgIpc) is 2.76. The molecule has 0 radical (unpaired) electrons. The predicted molar refractivity (Wildman–Crippen MR) is 129 cm³/mol. The fourth-order valence-electron chi connectivity index (χ4n) is 2.72. The van der Waals surface area contributed by atoms with Gasteiger partial charge in [-0.05, 0) is 25.8 Å². The maximum atomic E-state index is 11.1. The highest BCUT2D eigenvalue weighted by molar-refractivity contribution is 5.87. The molecule has 0 saturated heterocycles. The zero-order chi connectivity index (χ0) is 23.3. The van der Waals surface area contributed by atoms with Gasteiger partial charge in [-0.25, -0.2) is 9.59 Å². The smallest absolute Gasteiger partial charge is 0.333 e. The van der Waals surface area contributed by atoms with Gasteiger partial charge in [0.05, 0.1) is 6.61 Å². The Hall–Kier alpha value is -2.36. The summed E-state index contributed by atoms with van der Waals surface area (Å²) in [5.74, 6) is -0.602. The lowest BCUT2D eigenvalue weighted by Crippen LogP contribution is -2.05. The van der Waals surface area contributed by atoms with Gasteiger partial charge < -0.3 is 9.47 Å². The minimum Gasteiger partial charge on any atom is -0.462 e. The van der Waals surface area contributed by atoms with Gasteiger partial charge in [0, 0.05) is 11.1 Å². The van der Waals surface area contributed by atoms with Gasteiger partial charge in [0.2, 0.25) is 0 Å². The van der Waals surface area contributed by atoms with E-state index in [1.54, 1.807) is 13.8 Å². The summed E-state index contributed by atoms with van der Waals surface area (Å²) >= 11 is 0. The maximum absolute atomic E-state index is 11.1. The van der Waals surface area contributed by atoms with Crippen LogP contribution in [-0.4, -0.2) is 18.5 Å². The molecule has 0 aliphatic heterocycles. The third kappa shape index (κ3) is 18.2. The first-order valence-corrected chi connectivity index (χ1v) is 11.6. The Bertz CT molecular complexity index is 634. The molecular weight excluding hydrogens is 388 g/mol. The lowest BCUT2D eigenvalue weighted by Gasteiger charge is -2.04. The first kappa shape index (κ1) is 28.6. The summed E-state index contributed by atoms with van der Waals surface area (Å²) in [6.07, 6.45) is 13.0. The van der Waals surface area contributed by atoms with E-state index >= 15 is 0 Å². The Morgan fingerprint density at radius 1 is 0.710 bits per heavy atom. The highest BCUT2D eigenvalue weighted by atomic mass is 16.5.